The third-order valence-electron chi connectivity index (χ3n) is 3.79. The lowest BCUT2D eigenvalue weighted by Crippen LogP contribution is -2.31. The first-order valence-electron chi connectivity index (χ1n) is 7.83. The van der Waals surface area contributed by atoms with Crippen LogP contribution in [0.15, 0.2) is 48.8 Å². The van der Waals surface area contributed by atoms with Gasteiger partial charge in [0.15, 0.2) is 0 Å². The van der Waals surface area contributed by atoms with Crippen LogP contribution in [-0.4, -0.2) is 30.1 Å². The van der Waals surface area contributed by atoms with Gasteiger partial charge in [0.1, 0.15) is 12.4 Å². The Labute approximate surface area is 135 Å². The molecule has 1 amide bonds. The van der Waals surface area contributed by atoms with Gasteiger partial charge in [-0.2, -0.15) is 0 Å². The number of benzene rings is 1. The Morgan fingerprint density at radius 1 is 1.22 bits per heavy atom. The molecule has 3 rings (SSSR count). The Kier molecular flexibility index (Phi) is 5.21. The average molecular weight is 312 g/mol. The molecule has 1 aromatic carbocycles. The summed E-state index contributed by atoms with van der Waals surface area (Å²) in [4.78, 5) is 16.0. The van der Waals surface area contributed by atoms with Crippen LogP contribution in [0, 0.1) is 0 Å². The molecule has 0 unspecified atom stereocenters. The van der Waals surface area contributed by atoms with Crippen molar-refractivity contribution in [1.29, 1.82) is 0 Å². The Morgan fingerprint density at radius 2 is 2.00 bits per heavy atom. The van der Waals surface area contributed by atoms with Crippen LogP contribution in [-0.2, 0) is 11.3 Å². The number of carbonyl (C=O) groups is 1. The van der Waals surface area contributed by atoms with Crippen molar-refractivity contribution in [2.75, 3.05) is 13.2 Å². The lowest BCUT2D eigenvalue weighted by Gasteiger charge is -2.11. The molecule has 23 heavy (non-hydrogen) atoms. The van der Waals surface area contributed by atoms with Gasteiger partial charge in [-0.05, 0) is 54.8 Å². The topological polar surface area (TPSA) is 60.5 Å². The zero-order valence-electron chi connectivity index (χ0n) is 12.9. The van der Waals surface area contributed by atoms with E-state index in [-0.39, 0.29) is 12.0 Å². The number of nitrogens with zero attached hydrogens (tertiary/aromatic N) is 1. The molecule has 1 aliphatic rings. The standard InChI is InChI=1S/C18H20N2O3/c21-18(20-12-17-2-1-11-22-17)15-3-5-16(6-4-15)23-13-14-7-9-19-10-8-14/h3-10,17H,1-2,11-13H2,(H,20,21)/t17-/m0/s1. The maximum atomic E-state index is 12.1. The number of hydrogen-bond acceptors (Lipinski definition) is 4. The second-order valence-corrected chi connectivity index (χ2v) is 5.51. The number of aromatic nitrogens is 1. The first-order chi connectivity index (χ1) is 11.3. The Balaban J connectivity index is 1.49. The van der Waals surface area contributed by atoms with E-state index in [1.165, 1.54) is 0 Å². The highest BCUT2D eigenvalue weighted by Crippen LogP contribution is 2.15. The van der Waals surface area contributed by atoms with Crippen LogP contribution in [0.5, 0.6) is 5.75 Å². The molecule has 1 aliphatic heterocycles. The molecule has 2 aromatic rings. The SMILES string of the molecule is O=C(NC[C@@H]1CCCO1)c1ccc(OCc2ccncc2)cc1. The van der Waals surface area contributed by atoms with Crippen molar-refractivity contribution in [1.82, 2.24) is 10.3 Å². The smallest absolute Gasteiger partial charge is 0.251 e. The summed E-state index contributed by atoms with van der Waals surface area (Å²) in [6, 6.07) is 11.0. The summed E-state index contributed by atoms with van der Waals surface area (Å²) < 4.78 is 11.2. The minimum atomic E-state index is -0.0822. The highest BCUT2D eigenvalue weighted by molar-refractivity contribution is 5.94. The van der Waals surface area contributed by atoms with Gasteiger partial charge in [-0.25, -0.2) is 0 Å². The lowest BCUT2D eigenvalue weighted by molar-refractivity contribution is 0.0857. The number of carbonyl (C=O) groups excluding carboxylic acids is 1. The van der Waals surface area contributed by atoms with Crippen LogP contribution in [0.25, 0.3) is 0 Å². The Hall–Kier alpha value is -2.40. The highest BCUT2D eigenvalue weighted by atomic mass is 16.5. The molecule has 0 spiro atoms. The molecule has 1 atom stereocenters. The van der Waals surface area contributed by atoms with Gasteiger partial charge < -0.3 is 14.8 Å². The van der Waals surface area contributed by atoms with E-state index in [0.29, 0.717) is 18.7 Å². The van der Waals surface area contributed by atoms with Crippen LogP contribution in [0.3, 0.4) is 0 Å². The van der Waals surface area contributed by atoms with Gasteiger partial charge in [-0.3, -0.25) is 9.78 Å². The van der Waals surface area contributed by atoms with E-state index in [9.17, 15) is 4.79 Å². The summed E-state index contributed by atoms with van der Waals surface area (Å²) in [5.41, 5.74) is 1.68. The van der Waals surface area contributed by atoms with Gasteiger partial charge in [0.25, 0.3) is 5.91 Å². The third-order valence-corrected chi connectivity index (χ3v) is 3.79. The third kappa shape index (κ3) is 4.53. The van der Waals surface area contributed by atoms with Crippen molar-refractivity contribution in [3.8, 4) is 5.75 Å². The van der Waals surface area contributed by atoms with Crippen molar-refractivity contribution in [3.63, 3.8) is 0 Å². The van der Waals surface area contributed by atoms with Crippen LogP contribution < -0.4 is 10.1 Å². The van der Waals surface area contributed by atoms with Crippen LogP contribution in [0.1, 0.15) is 28.8 Å². The minimum Gasteiger partial charge on any atom is -0.489 e. The van der Waals surface area contributed by atoms with Gasteiger partial charge in [0.05, 0.1) is 6.10 Å². The lowest BCUT2D eigenvalue weighted by atomic mass is 10.2. The van der Waals surface area contributed by atoms with Gasteiger partial charge in [0, 0.05) is 31.1 Å². The number of hydrogen-bond donors (Lipinski definition) is 1. The fourth-order valence-corrected chi connectivity index (χ4v) is 2.46. The number of rotatable bonds is 6. The summed E-state index contributed by atoms with van der Waals surface area (Å²) in [6.07, 6.45) is 5.72. The average Bonchev–Trinajstić information content (AvgIpc) is 3.13. The van der Waals surface area contributed by atoms with Gasteiger partial charge >= 0.3 is 0 Å². The van der Waals surface area contributed by atoms with Crippen LogP contribution >= 0.6 is 0 Å². The molecule has 1 aromatic heterocycles. The number of nitrogens with one attached hydrogen (secondary N) is 1. The van der Waals surface area contributed by atoms with E-state index in [2.05, 4.69) is 10.3 Å². The fraction of sp³-hybridized carbons (Fsp3) is 0.333. The summed E-state index contributed by atoms with van der Waals surface area (Å²) >= 11 is 0. The first-order valence-corrected chi connectivity index (χ1v) is 7.83. The van der Waals surface area contributed by atoms with E-state index in [1.807, 2.05) is 24.3 Å². The molecule has 2 heterocycles. The minimum absolute atomic E-state index is 0.0822. The monoisotopic (exact) mass is 312 g/mol. The zero-order chi connectivity index (χ0) is 15.9. The molecule has 1 saturated heterocycles. The number of amides is 1. The Morgan fingerprint density at radius 3 is 2.70 bits per heavy atom. The van der Waals surface area contributed by atoms with Crippen LogP contribution in [0.2, 0.25) is 0 Å². The zero-order valence-corrected chi connectivity index (χ0v) is 12.9. The normalized spacial score (nSPS) is 17.0. The fourth-order valence-electron chi connectivity index (χ4n) is 2.46. The van der Waals surface area contributed by atoms with Crippen molar-refractivity contribution in [2.24, 2.45) is 0 Å². The molecule has 1 fully saturated rings. The molecule has 120 valence electrons. The molecule has 0 radical (unpaired) electrons. The molecule has 0 bridgehead atoms. The van der Waals surface area contributed by atoms with E-state index < -0.39 is 0 Å². The largest absolute Gasteiger partial charge is 0.489 e. The summed E-state index contributed by atoms with van der Waals surface area (Å²) in [6.45, 7) is 1.84. The molecule has 5 heteroatoms. The molecule has 5 nitrogen and oxygen atoms in total. The van der Waals surface area contributed by atoms with Crippen molar-refractivity contribution in [2.45, 2.75) is 25.6 Å². The van der Waals surface area contributed by atoms with E-state index in [1.54, 1.807) is 24.5 Å². The maximum Gasteiger partial charge on any atom is 0.251 e. The summed E-state index contributed by atoms with van der Waals surface area (Å²) in [7, 11) is 0. The number of ether oxygens (including phenoxy) is 2. The van der Waals surface area contributed by atoms with Crippen molar-refractivity contribution in [3.05, 3.63) is 59.9 Å². The van der Waals surface area contributed by atoms with Gasteiger partial charge in [0.2, 0.25) is 0 Å². The van der Waals surface area contributed by atoms with Crippen molar-refractivity contribution >= 4 is 5.91 Å². The summed E-state index contributed by atoms with van der Waals surface area (Å²) in [5.74, 6) is 0.652. The predicted octanol–water partition coefficient (Wildman–Crippen LogP) is 2.57. The van der Waals surface area contributed by atoms with E-state index >= 15 is 0 Å². The van der Waals surface area contributed by atoms with E-state index in [0.717, 1.165) is 30.8 Å². The second kappa shape index (κ2) is 7.74. The molecule has 1 N–H and O–H groups in total. The van der Waals surface area contributed by atoms with Crippen LogP contribution in [0.4, 0.5) is 0 Å². The highest BCUT2D eigenvalue weighted by Gasteiger charge is 2.16. The number of pyridine rings is 1. The van der Waals surface area contributed by atoms with Gasteiger partial charge in [-0.1, -0.05) is 0 Å². The molecular formula is C18H20N2O3. The van der Waals surface area contributed by atoms with E-state index in [4.69, 9.17) is 9.47 Å². The maximum absolute atomic E-state index is 12.1. The first kappa shape index (κ1) is 15.5. The molecule has 0 aliphatic carbocycles. The van der Waals surface area contributed by atoms with Crippen molar-refractivity contribution < 1.29 is 14.3 Å². The Bertz CT molecular complexity index is 622. The predicted molar refractivity (Wildman–Crippen MR) is 86.3 cm³/mol. The van der Waals surface area contributed by atoms with Gasteiger partial charge in [-0.15, -0.1) is 0 Å². The molecular weight excluding hydrogens is 292 g/mol. The second-order valence-electron chi connectivity index (χ2n) is 5.51. The molecule has 0 saturated carbocycles. The quantitative estimate of drug-likeness (QED) is 0.890. The summed E-state index contributed by atoms with van der Waals surface area (Å²) in [5, 5.41) is 2.91.